The molecule has 182 valence electrons. The van der Waals surface area contributed by atoms with Crippen LogP contribution in [-0.4, -0.2) is 38.3 Å². The molecule has 33 heavy (non-hydrogen) atoms. The fourth-order valence-electron chi connectivity index (χ4n) is 2.83. The molecule has 0 atom stereocenters. The zero-order valence-electron chi connectivity index (χ0n) is 17.2. The lowest BCUT2D eigenvalue weighted by Crippen LogP contribution is -2.31. The molecule has 2 aromatic rings. The molecule has 0 saturated heterocycles. The lowest BCUT2D eigenvalue weighted by molar-refractivity contribution is -0.321. The van der Waals surface area contributed by atoms with Crippen molar-refractivity contribution in [3.8, 4) is 16.9 Å². The molecule has 0 aromatic heterocycles. The number of alkyl halides is 6. The summed E-state index contributed by atoms with van der Waals surface area (Å²) in [7, 11) is 0. The van der Waals surface area contributed by atoms with Gasteiger partial charge in [-0.05, 0) is 37.5 Å². The molecule has 2 rings (SSSR count). The number of benzene rings is 2. The van der Waals surface area contributed by atoms with Crippen LogP contribution < -0.4 is 15.4 Å². The number of amides is 1. The van der Waals surface area contributed by atoms with E-state index in [2.05, 4.69) is 20.1 Å². The third kappa shape index (κ3) is 10.2. The molecule has 0 aliphatic carbocycles. The van der Waals surface area contributed by atoms with E-state index >= 15 is 0 Å². The minimum Gasteiger partial charge on any atom is -0.405 e. The number of hydrogen-bond donors (Lipinski definition) is 2. The van der Waals surface area contributed by atoms with Crippen molar-refractivity contribution < 1.29 is 40.6 Å². The van der Waals surface area contributed by atoms with Crippen molar-refractivity contribution in [2.75, 3.05) is 25.0 Å². The Labute approximate surface area is 191 Å². The Balaban J connectivity index is 1.77. The van der Waals surface area contributed by atoms with Crippen LogP contribution in [0.25, 0.3) is 11.1 Å². The van der Waals surface area contributed by atoms with Gasteiger partial charge in [-0.3, -0.25) is 9.53 Å². The molecular weight excluding hydrogens is 478 g/mol. The normalized spacial score (nSPS) is 11.8. The number of carbonyl (C=O) groups excluding carboxylic acids is 1. The first kappa shape index (κ1) is 26.6. The number of anilines is 1. The van der Waals surface area contributed by atoms with Gasteiger partial charge in [-0.2, -0.15) is 0 Å². The molecule has 0 radical (unpaired) electrons. The third-order valence-electron chi connectivity index (χ3n) is 4.24. The summed E-state index contributed by atoms with van der Waals surface area (Å²) < 4.78 is 80.9. The molecule has 12 heteroatoms. The highest BCUT2D eigenvalue weighted by molar-refractivity contribution is 6.33. The predicted octanol–water partition coefficient (Wildman–Crippen LogP) is 6.14. The highest BCUT2D eigenvalue weighted by atomic mass is 35.5. The quantitative estimate of drug-likeness (QED) is 0.288. The van der Waals surface area contributed by atoms with Crippen molar-refractivity contribution >= 4 is 23.2 Å². The van der Waals surface area contributed by atoms with Gasteiger partial charge in [0.1, 0.15) is 12.4 Å². The number of carbonyl (C=O) groups is 1. The van der Waals surface area contributed by atoms with Crippen molar-refractivity contribution in [2.24, 2.45) is 0 Å². The monoisotopic (exact) mass is 498 g/mol. The molecule has 0 saturated carbocycles. The fourth-order valence-corrected chi connectivity index (χ4v) is 3.11. The summed E-state index contributed by atoms with van der Waals surface area (Å²) in [6.07, 6.45) is -7.71. The second-order valence-electron chi connectivity index (χ2n) is 6.81. The van der Waals surface area contributed by atoms with Crippen LogP contribution in [-0.2, 0) is 9.53 Å². The van der Waals surface area contributed by atoms with E-state index in [1.54, 1.807) is 24.3 Å². The van der Waals surface area contributed by atoms with Crippen molar-refractivity contribution in [1.29, 1.82) is 0 Å². The van der Waals surface area contributed by atoms with Gasteiger partial charge in [0.15, 0.2) is 0 Å². The predicted molar refractivity (Wildman–Crippen MR) is 111 cm³/mol. The number of rotatable bonds is 11. The third-order valence-corrected chi connectivity index (χ3v) is 4.56. The zero-order valence-corrected chi connectivity index (χ0v) is 17.9. The summed E-state index contributed by atoms with van der Waals surface area (Å²) in [5.41, 5.74) is 1.25. The van der Waals surface area contributed by atoms with Gasteiger partial charge in [0.05, 0.1) is 5.02 Å². The summed E-state index contributed by atoms with van der Waals surface area (Å²) in [6, 6.07) is 10.5. The van der Waals surface area contributed by atoms with Crippen LogP contribution in [0.5, 0.6) is 5.75 Å². The lowest BCUT2D eigenvalue weighted by Gasteiger charge is -2.15. The molecule has 1 amide bonds. The van der Waals surface area contributed by atoms with Crippen LogP contribution in [0.4, 0.5) is 32.0 Å². The molecule has 0 aliphatic heterocycles. The molecule has 0 heterocycles. The molecule has 0 bridgehead atoms. The average molecular weight is 499 g/mol. The summed E-state index contributed by atoms with van der Waals surface area (Å²) in [4.78, 5) is 11.2. The minimum atomic E-state index is -4.84. The first-order chi connectivity index (χ1) is 15.4. The zero-order chi connectivity index (χ0) is 24.5. The summed E-state index contributed by atoms with van der Waals surface area (Å²) in [5.74, 6) is -1.20. The molecule has 2 aromatic carbocycles. The largest absolute Gasteiger partial charge is 0.573 e. The molecule has 0 fully saturated rings. The van der Waals surface area contributed by atoms with E-state index in [0.29, 0.717) is 37.1 Å². The maximum Gasteiger partial charge on any atom is 0.573 e. The van der Waals surface area contributed by atoms with Gasteiger partial charge < -0.3 is 15.4 Å². The van der Waals surface area contributed by atoms with Gasteiger partial charge in [0.2, 0.25) is 5.91 Å². The second-order valence-corrected chi connectivity index (χ2v) is 7.22. The van der Waals surface area contributed by atoms with Gasteiger partial charge >= 0.3 is 12.7 Å². The first-order valence-corrected chi connectivity index (χ1v) is 10.2. The first-order valence-electron chi connectivity index (χ1n) is 9.80. The van der Waals surface area contributed by atoms with Crippen molar-refractivity contribution in [3.05, 3.63) is 47.5 Å². The Hall–Kier alpha value is -2.66. The number of unbranched alkanes of at least 4 members (excludes halogenated alkanes) is 2. The second kappa shape index (κ2) is 12.0. The fraction of sp³-hybridized carbons (Fsp3) is 0.381. The van der Waals surface area contributed by atoms with Crippen molar-refractivity contribution in [1.82, 2.24) is 5.32 Å². The molecule has 5 nitrogen and oxygen atoms in total. The van der Waals surface area contributed by atoms with E-state index in [9.17, 15) is 31.1 Å². The van der Waals surface area contributed by atoms with Gasteiger partial charge in [-0.25, -0.2) is 0 Å². The number of nitrogens with one attached hydrogen (secondary N) is 2. The van der Waals surface area contributed by atoms with Gasteiger partial charge in [-0.15, -0.1) is 26.3 Å². The Kier molecular flexibility index (Phi) is 9.66. The maximum absolute atomic E-state index is 12.6. The van der Waals surface area contributed by atoms with Crippen LogP contribution in [0.2, 0.25) is 5.02 Å². The molecular formula is C21H21ClF6N2O3. The van der Waals surface area contributed by atoms with E-state index in [1.165, 1.54) is 18.2 Å². The smallest absolute Gasteiger partial charge is 0.405 e. The van der Waals surface area contributed by atoms with E-state index in [1.807, 2.05) is 0 Å². The highest BCUT2D eigenvalue weighted by Gasteiger charge is 2.32. The van der Waals surface area contributed by atoms with Crippen LogP contribution in [0.15, 0.2) is 42.5 Å². The summed E-state index contributed by atoms with van der Waals surface area (Å²) in [6.45, 7) is -0.302. The highest BCUT2D eigenvalue weighted by Crippen LogP contribution is 2.38. The average Bonchev–Trinajstić information content (AvgIpc) is 2.71. The topological polar surface area (TPSA) is 59.6 Å². The van der Waals surface area contributed by atoms with E-state index in [-0.39, 0.29) is 22.9 Å². The number of ether oxygens (including phenoxy) is 2. The van der Waals surface area contributed by atoms with Crippen molar-refractivity contribution in [2.45, 2.75) is 32.0 Å². The van der Waals surface area contributed by atoms with Crippen LogP contribution >= 0.6 is 11.6 Å². The minimum absolute atomic E-state index is 0.203. The van der Waals surface area contributed by atoms with Crippen LogP contribution in [0, 0.1) is 0 Å². The Morgan fingerprint density at radius 2 is 1.58 bits per heavy atom. The Morgan fingerprint density at radius 3 is 2.24 bits per heavy atom. The summed E-state index contributed by atoms with van der Waals surface area (Å²) >= 11 is 6.27. The van der Waals surface area contributed by atoms with E-state index < -0.39 is 25.2 Å². The maximum atomic E-state index is 12.6. The van der Waals surface area contributed by atoms with Gasteiger partial charge in [0, 0.05) is 29.9 Å². The van der Waals surface area contributed by atoms with E-state index in [0.717, 1.165) is 0 Å². The standard InChI is InChI=1S/C21H21ClF6N2O3/c22-17-12-14(29-10-4-1-5-11-30-19(31)13-32-20(23,24)25)8-9-15(17)16-6-2-3-7-18(16)33-21(26,27)28/h2-3,6-9,12,29H,1,4-5,10-11,13H2,(H,30,31). The molecule has 0 aliphatic rings. The van der Waals surface area contributed by atoms with E-state index in [4.69, 9.17) is 11.6 Å². The molecule has 0 unspecified atom stereocenters. The van der Waals surface area contributed by atoms with Gasteiger partial charge in [0.25, 0.3) is 0 Å². The lowest BCUT2D eigenvalue weighted by atomic mass is 10.0. The van der Waals surface area contributed by atoms with Crippen LogP contribution in [0.3, 0.4) is 0 Å². The summed E-state index contributed by atoms with van der Waals surface area (Å²) in [5, 5.41) is 5.69. The van der Waals surface area contributed by atoms with Crippen LogP contribution in [0.1, 0.15) is 19.3 Å². The van der Waals surface area contributed by atoms with Gasteiger partial charge in [-0.1, -0.05) is 35.9 Å². The Bertz CT molecular complexity index is 922. The molecule has 2 N–H and O–H groups in total. The SMILES string of the molecule is O=C(COC(F)(F)F)NCCCCCNc1ccc(-c2ccccc2OC(F)(F)F)c(Cl)c1. The number of halogens is 7. The molecule has 0 spiro atoms. The Morgan fingerprint density at radius 1 is 0.879 bits per heavy atom. The number of hydrogen-bond acceptors (Lipinski definition) is 4. The van der Waals surface area contributed by atoms with Crippen molar-refractivity contribution in [3.63, 3.8) is 0 Å². The number of para-hydroxylation sites is 1.